The third kappa shape index (κ3) is 14.2. The Morgan fingerprint density at radius 1 is 0.750 bits per heavy atom. The van der Waals surface area contributed by atoms with E-state index in [4.69, 9.17) is 22.3 Å². The molecule has 0 aromatic heterocycles. The molecule has 0 saturated carbocycles. The quantitative estimate of drug-likeness (QED) is 0.0889. The molecule has 0 fully saturated rings. The second-order valence-corrected chi connectivity index (χ2v) is 8.98. The van der Waals surface area contributed by atoms with Crippen molar-refractivity contribution >= 4 is 35.6 Å². The van der Waals surface area contributed by atoms with Gasteiger partial charge in [-0.25, -0.2) is 4.79 Å². The monoisotopic (exact) mass is 516 g/mol. The second kappa shape index (κ2) is 17.2. The van der Waals surface area contributed by atoms with Gasteiger partial charge >= 0.3 is 11.9 Å². The third-order valence-electron chi connectivity index (χ3n) is 5.22. The first-order chi connectivity index (χ1) is 16.8. The number of rotatable bonds is 19. The molecule has 36 heavy (non-hydrogen) atoms. The maximum Gasteiger partial charge on any atom is 0.326 e. The fraction of sp³-hybridized carbons (Fsp3) is 0.727. The summed E-state index contributed by atoms with van der Waals surface area (Å²) in [5.41, 5.74) is 16.5. The number of unbranched alkanes of at least 4 members (excludes halogenated alkanes) is 1. The predicted octanol–water partition coefficient (Wildman–Crippen LogP) is -1.84. The van der Waals surface area contributed by atoms with E-state index in [0.29, 0.717) is 25.8 Å². The molecule has 4 unspecified atom stereocenters. The van der Waals surface area contributed by atoms with Crippen LogP contribution in [0.1, 0.15) is 65.2 Å². The first-order valence-corrected chi connectivity index (χ1v) is 11.9. The van der Waals surface area contributed by atoms with Crippen LogP contribution in [0.5, 0.6) is 0 Å². The van der Waals surface area contributed by atoms with E-state index in [2.05, 4.69) is 16.0 Å². The van der Waals surface area contributed by atoms with Crippen molar-refractivity contribution in [3.8, 4) is 0 Å². The van der Waals surface area contributed by atoms with Crippen LogP contribution in [0.2, 0.25) is 0 Å². The molecule has 0 heterocycles. The zero-order chi connectivity index (χ0) is 27.8. The van der Waals surface area contributed by atoms with Gasteiger partial charge in [-0.2, -0.15) is 0 Å². The number of nitrogens with one attached hydrogen (secondary N) is 3. The molecular weight excluding hydrogens is 476 g/mol. The molecule has 0 aromatic carbocycles. The maximum absolute atomic E-state index is 13.0. The van der Waals surface area contributed by atoms with Crippen molar-refractivity contribution in [1.29, 1.82) is 0 Å². The maximum atomic E-state index is 13.0. The van der Waals surface area contributed by atoms with Gasteiger partial charge < -0.3 is 43.4 Å². The van der Waals surface area contributed by atoms with Gasteiger partial charge in [-0.05, 0) is 44.6 Å². The van der Waals surface area contributed by atoms with Crippen molar-refractivity contribution in [3.63, 3.8) is 0 Å². The van der Waals surface area contributed by atoms with Gasteiger partial charge in [0, 0.05) is 12.8 Å². The summed E-state index contributed by atoms with van der Waals surface area (Å²) in [6.07, 6.45) is 0.529. The first kappa shape index (κ1) is 32.7. The summed E-state index contributed by atoms with van der Waals surface area (Å²) in [5, 5.41) is 25.3. The van der Waals surface area contributed by atoms with Gasteiger partial charge in [0.05, 0.1) is 6.04 Å². The van der Waals surface area contributed by atoms with Gasteiger partial charge in [0.25, 0.3) is 0 Å². The van der Waals surface area contributed by atoms with E-state index in [-0.39, 0.29) is 31.6 Å². The molecular formula is C22H40N6O8. The fourth-order valence-electron chi connectivity index (χ4n) is 3.25. The summed E-state index contributed by atoms with van der Waals surface area (Å²) in [7, 11) is 0. The zero-order valence-corrected chi connectivity index (χ0v) is 20.8. The number of hydrogen-bond acceptors (Lipinski definition) is 8. The smallest absolute Gasteiger partial charge is 0.326 e. The molecule has 206 valence electrons. The van der Waals surface area contributed by atoms with Gasteiger partial charge in [-0.3, -0.25) is 24.0 Å². The molecule has 4 atom stereocenters. The van der Waals surface area contributed by atoms with E-state index in [1.807, 2.05) is 0 Å². The summed E-state index contributed by atoms with van der Waals surface area (Å²) in [5.74, 6) is -5.68. The number of nitrogens with two attached hydrogens (primary N) is 3. The molecule has 14 heteroatoms. The summed E-state index contributed by atoms with van der Waals surface area (Å²) in [4.78, 5) is 71.8. The predicted molar refractivity (Wildman–Crippen MR) is 129 cm³/mol. The Labute approximate surface area is 210 Å². The summed E-state index contributed by atoms with van der Waals surface area (Å²) < 4.78 is 0. The van der Waals surface area contributed by atoms with Crippen LogP contribution in [0.3, 0.4) is 0 Å². The van der Waals surface area contributed by atoms with Crippen LogP contribution in [0.25, 0.3) is 0 Å². The Morgan fingerprint density at radius 3 is 1.78 bits per heavy atom. The molecule has 4 amide bonds. The van der Waals surface area contributed by atoms with E-state index < -0.39 is 66.2 Å². The Morgan fingerprint density at radius 2 is 1.28 bits per heavy atom. The Bertz CT molecular complexity index is 776. The molecule has 0 aliphatic carbocycles. The standard InChI is InChI=1S/C22H40N6O8/c1-12(2)11-16(21(34)27-15(22(35)36)7-9-18(30)31)28-20(33)14(6-8-17(25)29)26-19(32)13(24)5-3-4-10-23/h12-16H,3-11,23-24H2,1-2H3,(H2,25,29)(H,26,32)(H,27,34)(H,28,33)(H,30,31)(H,35,36). The molecule has 14 nitrogen and oxygen atoms in total. The van der Waals surface area contributed by atoms with Crippen LogP contribution in [0, 0.1) is 5.92 Å². The van der Waals surface area contributed by atoms with Crippen molar-refractivity contribution in [2.45, 2.75) is 89.4 Å². The van der Waals surface area contributed by atoms with Gasteiger partial charge in [0.2, 0.25) is 23.6 Å². The van der Waals surface area contributed by atoms with Crippen molar-refractivity contribution in [2.24, 2.45) is 23.1 Å². The van der Waals surface area contributed by atoms with Crippen LogP contribution in [0.4, 0.5) is 0 Å². The van der Waals surface area contributed by atoms with Crippen molar-refractivity contribution < 1.29 is 39.0 Å². The number of primary amides is 1. The normalized spacial score (nSPS) is 14.2. The highest BCUT2D eigenvalue weighted by atomic mass is 16.4. The molecule has 0 bridgehead atoms. The molecule has 0 rings (SSSR count). The number of aliphatic carboxylic acids is 2. The minimum absolute atomic E-state index is 0.0991. The lowest BCUT2D eigenvalue weighted by Gasteiger charge is -2.26. The SMILES string of the molecule is CC(C)CC(NC(=O)C(CCC(N)=O)NC(=O)C(N)CCCCN)C(=O)NC(CCC(=O)O)C(=O)O. The van der Waals surface area contributed by atoms with Crippen LogP contribution in [0.15, 0.2) is 0 Å². The van der Waals surface area contributed by atoms with Crippen LogP contribution in [-0.2, 0) is 28.8 Å². The fourth-order valence-corrected chi connectivity index (χ4v) is 3.25. The van der Waals surface area contributed by atoms with Crippen LogP contribution < -0.4 is 33.2 Å². The van der Waals surface area contributed by atoms with Crippen molar-refractivity contribution in [3.05, 3.63) is 0 Å². The molecule has 0 aliphatic heterocycles. The number of carbonyl (C=O) groups excluding carboxylic acids is 4. The number of hydrogen-bond donors (Lipinski definition) is 8. The minimum Gasteiger partial charge on any atom is -0.481 e. The number of amides is 4. The number of carboxylic acids is 2. The van der Waals surface area contributed by atoms with Crippen molar-refractivity contribution in [2.75, 3.05) is 6.54 Å². The van der Waals surface area contributed by atoms with Crippen LogP contribution in [-0.4, -0.2) is 76.5 Å². The molecule has 0 aromatic rings. The Kier molecular flexibility index (Phi) is 15.7. The molecule has 0 spiro atoms. The lowest BCUT2D eigenvalue weighted by molar-refractivity contribution is -0.143. The lowest BCUT2D eigenvalue weighted by Crippen LogP contribution is -2.57. The zero-order valence-electron chi connectivity index (χ0n) is 20.8. The lowest BCUT2D eigenvalue weighted by atomic mass is 10.0. The van der Waals surface area contributed by atoms with E-state index in [1.165, 1.54) is 0 Å². The van der Waals surface area contributed by atoms with E-state index in [9.17, 15) is 33.9 Å². The van der Waals surface area contributed by atoms with Gasteiger partial charge in [0.1, 0.15) is 18.1 Å². The number of carboxylic acid groups (broad SMARTS) is 2. The van der Waals surface area contributed by atoms with Crippen molar-refractivity contribution in [1.82, 2.24) is 16.0 Å². The summed E-state index contributed by atoms with van der Waals surface area (Å²) >= 11 is 0. The van der Waals surface area contributed by atoms with Gasteiger partial charge in [-0.15, -0.1) is 0 Å². The van der Waals surface area contributed by atoms with Gasteiger partial charge in [-0.1, -0.05) is 20.3 Å². The number of carbonyl (C=O) groups is 6. The van der Waals surface area contributed by atoms with E-state index in [1.54, 1.807) is 13.8 Å². The largest absolute Gasteiger partial charge is 0.481 e. The molecule has 0 aliphatic rings. The van der Waals surface area contributed by atoms with Gasteiger partial charge in [0.15, 0.2) is 0 Å². The second-order valence-electron chi connectivity index (χ2n) is 8.98. The highest BCUT2D eigenvalue weighted by Gasteiger charge is 2.31. The third-order valence-corrected chi connectivity index (χ3v) is 5.22. The Balaban J connectivity index is 5.51. The van der Waals surface area contributed by atoms with Crippen LogP contribution >= 0.6 is 0 Å². The minimum atomic E-state index is -1.47. The average molecular weight is 517 g/mol. The van der Waals surface area contributed by atoms with E-state index in [0.717, 1.165) is 0 Å². The molecule has 11 N–H and O–H groups in total. The summed E-state index contributed by atoms with van der Waals surface area (Å²) in [6, 6.07) is -4.80. The molecule has 0 radical (unpaired) electrons. The van der Waals surface area contributed by atoms with E-state index >= 15 is 0 Å². The first-order valence-electron chi connectivity index (χ1n) is 11.9. The molecule has 0 saturated heterocycles. The summed E-state index contributed by atoms with van der Waals surface area (Å²) in [6.45, 7) is 3.99. The highest BCUT2D eigenvalue weighted by Crippen LogP contribution is 2.09. The average Bonchev–Trinajstić information content (AvgIpc) is 2.77. The topological polar surface area (TPSA) is 257 Å². The highest BCUT2D eigenvalue weighted by molar-refractivity contribution is 5.94. The Hall–Kier alpha value is -3.26.